The zero-order valence-electron chi connectivity index (χ0n) is 8.00. The molecule has 4 nitrogen and oxygen atoms in total. The molecular weight excluding hydrogens is 156 g/mol. The minimum Gasteiger partial charge on any atom is -0.390 e. The van der Waals surface area contributed by atoms with E-state index in [1.54, 1.807) is 0 Å². The molecule has 2 N–H and O–H groups in total. The zero-order chi connectivity index (χ0) is 9.56. The third-order valence-corrected chi connectivity index (χ3v) is 1.65. The van der Waals surface area contributed by atoms with Crippen LogP contribution in [0.3, 0.4) is 0 Å². The quantitative estimate of drug-likeness (QED) is 0.587. The average Bonchev–Trinajstić information content (AvgIpc) is 2.00. The van der Waals surface area contributed by atoms with E-state index in [1.165, 1.54) is 6.92 Å². The van der Waals surface area contributed by atoms with Gasteiger partial charge in [0.1, 0.15) is 0 Å². The molecule has 0 aromatic carbocycles. The lowest BCUT2D eigenvalue weighted by Crippen LogP contribution is -2.37. The van der Waals surface area contributed by atoms with Crippen LogP contribution >= 0.6 is 0 Å². The smallest absolute Gasteiger partial charge is 0.216 e. The van der Waals surface area contributed by atoms with Crippen molar-refractivity contribution in [1.82, 2.24) is 10.2 Å². The second-order valence-corrected chi connectivity index (χ2v) is 2.95. The number of likely N-dealkylation sites (N-methyl/N-ethyl adjacent to an activating group) is 1. The van der Waals surface area contributed by atoms with Gasteiger partial charge in [0.05, 0.1) is 6.10 Å². The van der Waals surface area contributed by atoms with Crippen LogP contribution in [-0.2, 0) is 4.79 Å². The first-order chi connectivity index (χ1) is 5.56. The van der Waals surface area contributed by atoms with E-state index < -0.39 is 6.10 Å². The van der Waals surface area contributed by atoms with E-state index in [-0.39, 0.29) is 5.91 Å². The molecule has 0 rings (SSSR count). The molecule has 1 amide bonds. The maximum absolute atomic E-state index is 10.5. The van der Waals surface area contributed by atoms with Crippen molar-refractivity contribution in [3.8, 4) is 0 Å². The van der Waals surface area contributed by atoms with Crippen molar-refractivity contribution in [1.29, 1.82) is 0 Å². The molecule has 0 heterocycles. The molecule has 0 bridgehead atoms. The van der Waals surface area contributed by atoms with E-state index in [4.69, 9.17) is 0 Å². The monoisotopic (exact) mass is 174 g/mol. The van der Waals surface area contributed by atoms with Gasteiger partial charge in [-0.05, 0) is 13.6 Å². The van der Waals surface area contributed by atoms with Crippen LogP contribution in [0.1, 0.15) is 13.8 Å². The molecule has 0 saturated carbocycles. The highest BCUT2D eigenvalue weighted by molar-refractivity contribution is 5.72. The van der Waals surface area contributed by atoms with Gasteiger partial charge in [-0.2, -0.15) is 0 Å². The summed E-state index contributed by atoms with van der Waals surface area (Å²) in [5, 5.41) is 11.9. The molecule has 4 heteroatoms. The number of nitrogens with zero attached hydrogens (tertiary/aromatic N) is 1. The molecule has 72 valence electrons. The lowest BCUT2D eigenvalue weighted by molar-refractivity contribution is -0.119. The van der Waals surface area contributed by atoms with Crippen LogP contribution in [0.2, 0.25) is 0 Å². The van der Waals surface area contributed by atoms with Crippen LogP contribution in [0.15, 0.2) is 0 Å². The fourth-order valence-corrected chi connectivity index (χ4v) is 0.815. The highest BCUT2D eigenvalue weighted by Crippen LogP contribution is 1.86. The third kappa shape index (κ3) is 6.12. The molecule has 0 fully saturated rings. The number of amides is 1. The van der Waals surface area contributed by atoms with Gasteiger partial charge in [-0.25, -0.2) is 0 Å². The summed E-state index contributed by atoms with van der Waals surface area (Å²) in [6.45, 7) is 5.29. The van der Waals surface area contributed by atoms with Gasteiger partial charge in [-0.3, -0.25) is 4.79 Å². The Morgan fingerprint density at radius 3 is 2.67 bits per heavy atom. The molecule has 1 atom stereocenters. The maximum Gasteiger partial charge on any atom is 0.216 e. The summed E-state index contributed by atoms with van der Waals surface area (Å²) >= 11 is 0. The molecule has 12 heavy (non-hydrogen) atoms. The van der Waals surface area contributed by atoms with Crippen LogP contribution < -0.4 is 5.32 Å². The van der Waals surface area contributed by atoms with Crippen LogP contribution in [0.4, 0.5) is 0 Å². The van der Waals surface area contributed by atoms with Gasteiger partial charge in [0, 0.05) is 20.0 Å². The predicted octanol–water partition coefficient (Wildman–Crippen LogP) is -0.565. The van der Waals surface area contributed by atoms with Crippen molar-refractivity contribution in [2.75, 3.05) is 26.7 Å². The molecule has 0 aromatic heterocycles. The van der Waals surface area contributed by atoms with E-state index in [2.05, 4.69) is 5.32 Å². The number of hydrogen-bond donors (Lipinski definition) is 2. The van der Waals surface area contributed by atoms with Gasteiger partial charge < -0.3 is 15.3 Å². The second kappa shape index (κ2) is 5.97. The number of hydrogen-bond acceptors (Lipinski definition) is 3. The van der Waals surface area contributed by atoms with Gasteiger partial charge >= 0.3 is 0 Å². The average molecular weight is 174 g/mol. The molecule has 0 saturated heterocycles. The summed E-state index contributed by atoms with van der Waals surface area (Å²) in [7, 11) is 1.93. The number of carbonyl (C=O) groups is 1. The Bertz CT molecular complexity index is 139. The van der Waals surface area contributed by atoms with E-state index in [1.807, 2.05) is 18.9 Å². The topological polar surface area (TPSA) is 52.6 Å². The molecule has 0 aliphatic rings. The summed E-state index contributed by atoms with van der Waals surface area (Å²) in [4.78, 5) is 12.5. The Morgan fingerprint density at radius 1 is 1.67 bits per heavy atom. The van der Waals surface area contributed by atoms with Crippen molar-refractivity contribution in [2.24, 2.45) is 0 Å². The van der Waals surface area contributed by atoms with Gasteiger partial charge in [0.25, 0.3) is 0 Å². The first-order valence-corrected chi connectivity index (χ1v) is 4.17. The summed E-state index contributed by atoms with van der Waals surface area (Å²) in [6.07, 6.45) is -0.473. The van der Waals surface area contributed by atoms with Crippen LogP contribution in [0, 0.1) is 0 Å². The van der Waals surface area contributed by atoms with Crippen LogP contribution in [0.25, 0.3) is 0 Å². The summed E-state index contributed by atoms with van der Waals surface area (Å²) in [5.74, 6) is -0.104. The fourth-order valence-electron chi connectivity index (χ4n) is 0.815. The predicted molar refractivity (Wildman–Crippen MR) is 47.9 cm³/mol. The lowest BCUT2D eigenvalue weighted by Gasteiger charge is -2.18. The van der Waals surface area contributed by atoms with Crippen molar-refractivity contribution < 1.29 is 9.90 Å². The van der Waals surface area contributed by atoms with E-state index in [0.29, 0.717) is 13.1 Å². The fraction of sp³-hybridized carbons (Fsp3) is 0.875. The molecule has 0 aromatic rings. The Kier molecular flexibility index (Phi) is 5.66. The number of nitrogens with one attached hydrogen (secondary N) is 1. The molecule has 0 aliphatic carbocycles. The molecule has 1 unspecified atom stereocenters. The highest BCUT2D eigenvalue weighted by atomic mass is 16.3. The Hall–Kier alpha value is -0.610. The number of carbonyl (C=O) groups excluding carboxylic acids is 1. The van der Waals surface area contributed by atoms with Crippen molar-refractivity contribution in [2.45, 2.75) is 20.0 Å². The molecule has 0 spiro atoms. The van der Waals surface area contributed by atoms with Crippen molar-refractivity contribution >= 4 is 5.91 Å². The highest BCUT2D eigenvalue weighted by Gasteiger charge is 2.06. The SMILES string of the molecule is CCN(C)CC(O)CNC(C)=O. The minimum absolute atomic E-state index is 0.104. The first-order valence-electron chi connectivity index (χ1n) is 4.17. The van der Waals surface area contributed by atoms with Gasteiger partial charge in [-0.1, -0.05) is 6.92 Å². The standard InChI is InChI=1S/C8H18N2O2/c1-4-10(3)6-8(12)5-9-7(2)11/h8,12H,4-6H2,1-3H3,(H,9,11). The minimum atomic E-state index is -0.473. The zero-order valence-corrected chi connectivity index (χ0v) is 8.00. The van der Waals surface area contributed by atoms with Crippen molar-refractivity contribution in [3.05, 3.63) is 0 Å². The summed E-state index contributed by atoms with van der Waals surface area (Å²) in [6, 6.07) is 0. The van der Waals surface area contributed by atoms with E-state index in [0.717, 1.165) is 6.54 Å². The molecule has 0 radical (unpaired) electrons. The lowest BCUT2D eigenvalue weighted by atomic mass is 10.3. The summed E-state index contributed by atoms with van der Waals surface area (Å²) in [5.41, 5.74) is 0. The normalized spacial score (nSPS) is 13.1. The summed E-state index contributed by atoms with van der Waals surface area (Å²) < 4.78 is 0. The maximum atomic E-state index is 10.5. The first kappa shape index (κ1) is 11.4. The van der Waals surface area contributed by atoms with Crippen LogP contribution in [-0.4, -0.2) is 48.7 Å². The number of aliphatic hydroxyl groups is 1. The van der Waals surface area contributed by atoms with Gasteiger partial charge in [0.15, 0.2) is 0 Å². The molecule has 0 aliphatic heterocycles. The number of aliphatic hydroxyl groups excluding tert-OH is 1. The molecular formula is C8H18N2O2. The number of rotatable bonds is 5. The Balaban J connectivity index is 3.45. The van der Waals surface area contributed by atoms with Gasteiger partial charge in [0.2, 0.25) is 5.91 Å². The van der Waals surface area contributed by atoms with Crippen molar-refractivity contribution in [3.63, 3.8) is 0 Å². The van der Waals surface area contributed by atoms with E-state index >= 15 is 0 Å². The van der Waals surface area contributed by atoms with Gasteiger partial charge in [-0.15, -0.1) is 0 Å². The largest absolute Gasteiger partial charge is 0.390 e. The van der Waals surface area contributed by atoms with E-state index in [9.17, 15) is 9.90 Å². The Morgan fingerprint density at radius 2 is 2.25 bits per heavy atom. The Labute approximate surface area is 73.6 Å². The van der Waals surface area contributed by atoms with Crippen LogP contribution in [0.5, 0.6) is 0 Å². The third-order valence-electron chi connectivity index (χ3n) is 1.65. The second-order valence-electron chi connectivity index (χ2n) is 2.95.